The molecule has 0 aliphatic rings. The maximum absolute atomic E-state index is 12.4. The number of anilines is 1. The highest BCUT2D eigenvalue weighted by atomic mass is 35.5. The standard InChI is InChI=1S/C19H16ClN5O5S/c1-10(21-17(27)11-6-7-14(20)15(9-11)25(28)29)16(26)22-19-24-23-18(31-19)12-4-3-5-13(8-12)30-2/h3-10H,1-2H3,(H,21,27)(H,22,24,26). The molecule has 0 saturated carbocycles. The van der Waals surface area contributed by atoms with E-state index in [9.17, 15) is 19.7 Å². The van der Waals surface area contributed by atoms with Crippen molar-refractivity contribution < 1.29 is 19.2 Å². The number of nitro benzene ring substituents is 1. The Morgan fingerprint density at radius 2 is 2.00 bits per heavy atom. The highest BCUT2D eigenvalue weighted by Crippen LogP contribution is 2.29. The number of halogens is 1. The number of nitrogens with one attached hydrogen (secondary N) is 2. The number of carbonyl (C=O) groups excluding carboxylic acids is 2. The Kier molecular flexibility index (Phi) is 6.78. The van der Waals surface area contributed by atoms with Crippen LogP contribution in [0.25, 0.3) is 10.6 Å². The topological polar surface area (TPSA) is 136 Å². The fourth-order valence-corrected chi connectivity index (χ4v) is 3.43. The second kappa shape index (κ2) is 9.49. The molecule has 31 heavy (non-hydrogen) atoms. The van der Waals surface area contributed by atoms with Crippen molar-refractivity contribution >= 4 is 45.6 Å². The Balaban J connectivity index is 1.65. The lowest BCUT2D eigenvalue weighted by molar-refractivity contribution is -0.384. The van der Waals surface area contributed by atoms with E-state index in [0.717, 1.165) is 23.0 Å². The third-order valence-corrected chi connectivity index (χ3v) is 5.33. The van der Waals surface area contributed by atoms with Gasteiger partial charge < -0.3 is 10.1 Å². The number of nitrogens with zero attached hydrogens (tertiary/aromatic N) is 3. The summed E-state index contributed by atoms with van der Waals surface area (Å²) in [7, 11) is 1.56. The fourth-order valence-electron chi connectivity index (χ4n) is 2.50. The van der Waals surface area contributed by atoms with Gasteiger partial charge in [0.25, 0.3) is 11.6 Å². The van der Waals surface area contributed by atoms with Gasteiger partial charge in [0.15, 0.2) is 0 Å². The summed E-state index contributed by atoms with van der Waals surface area (Å²) < 4.78 is 5.18. The monoisotopic (exact) mass is 461 g/mol. The van der Waals surface area contributed by atoms with Crippen LogP contribution < -0.4 is 15.4 Å². The zero-order valence-corrected chi connectivity index (χ0v) is 17.9. The average Bonchev–Trinajstić information content (AvgIpc) is 3.22. The van der Waals surface area contributed by atoms with Crippen LogP contribution in [0.15, 0.2) is 42.5 Å². The molecule has 3 rings (SSSR count). The molecule has 0 bridgehead atoms. The van der Waals surface area contributed by atoms with Gasteiger partial charge in [-0.25, -0.2) is 0 Å². The summed E-state index contributed by atoms with van der Waals surface area (Å²) in [6.07, 6.45) is 0. The summed E-state index contributed by atoms with van der Waals surface area (Å²) in [5.41, 5.74) is 0.389. The van der Waals surface area contributed by atoms with Crippen molar-refractivity contribution in [2.24, 2.45) is 0 Å². The third-order valence-electron chi connectivity index (χ3n) is 4.12. The number of hydrogen-bond acceptors (Lipinski definition) is 8. The summed E-state index contributed by atoms with van der Waals surface area (Å²) in [5.74, 6) is -0.515. The summed E-state index contributed by atoms with van der Waals surface area (Å²) in [5, 5.41) is 24.8. The number of ether oxygens (including phenoxy) is 1. The van der Waals surface area contributed by atoms with E-state index >= 15 is 0 Å². The molecule has 1 aromatic heterocycles. The maximum Gasteiger partial charge on any atom is 0.288 e. The molecule has 1 atom stereocenters. The third kappa shape index (κ3) is 5.32. The number of benzene rings is 2. The van der Waals surface area contributed by atoms with Gasteiger partial charge in [-0.05, 0) is 31.2 Å². The van der Waals surface area contributed by atoms with Crippen molar-refractivity contribution in [3.05, 3.63) is 63.2 Å². The van der Waals surface area contributed by atoms with E-state index in [-0.39, 0.29) is 15.7 Å². The normalized spacial score (nSPS) is 11.5. The van der Waals surface area contributed by atoms with Crippen molar-refractivity contribution in [3.8, 4) is 16.3 Å². The van der Waals surface area contributed by atoms with Crippen LogP contribution in [0.2, 0.25) is 5.02 Å². The number of rotatable bonds is 7. The molecule has 1 heterocycles. The molecule has 0 spiro atoms. The van der Waals surface area contributed by atoms with E-state index in [2.05, 4.69) is 20.8 Å². The van der Waals surface area contributed by atoms with Crippen LogP contribution >= 0.6 is 22.9 Å². The van der Waals surface area contributed by atoms with Crippen molar-refractivity contribution in [2.75, 3.05) is 12.4 Å². The van der Waals surface area contributed by atoms with Gasteiger partial charge in [-0.15, -0.1) is 10.2 Å². The van der Waals surface area contributed by atoms with Gasteiger partial charge in [-0.2, -0.15) is 0 Å². The molecule has 0 aliphatic heterocycles. The zero-order valence-electron chi connectivity index (χ0n) is 16.3. The Hall–Kier alpha value is -3.57. The van der Waals surface area contributed by atoms with Crippen molar-refractivity contribution in [1.29, 1.82) is 0 Å². The van der Waals surface area contributed by atoms with Crippen LogP contribution in [0.5, 0.6) is 5.75 Å². The summed E-state index contributed by atoms with van der Waals surface area (Å²) in [6.45, 7) is 1.47. The van der Waals surface area contributed by atoms with E-state index in [1.54, 1.807) is 19.2 Å². The average molecular weight is 462 g/mol. The predicted octanol–water partition coefficient (Wildman–Crippen LogP) is 3.53. The van der Waals surface area contributed by atoms with Gasteiger partial charge in [0, 0.05) is 17.2 Å². The van der Waals surface area contributed by atoms with Crippen LogP contribution in [0.4, 0.5) is 10.8 Å². The second-order valence-electron chi connectivity index (χ2n) is 6.25. The van der Waals surface area contributed by atoms with Gasteiger partial charge in [0.2, 0.25) is 11.0 Å². The van der Waals surface area contributed by atoms with E-state index in [1.807, 2.05) is 12.1 Å². The molecule has 10 nitrogen and oxygen atoms in total. The molecule has 0 fully saturated rings. The van der Waals surface area contributed by atoms with Gasteiger partial charge >= 0.3 is 0 Å². The quantitative estimate of drug-likeness (QED) is 0.405. The molecule has 3 aromatic rings. The molecular weight excluding hydrogens is 446 g/mol. The first-order valence-electron chi connectivity index (χ1n) is 8.82. The van der Waals surface area contributed by atoms with Crippen LogP contribution in [0.3, 0.4) is 0 Å². The second-order valence-corrected chi connectivity index (χ2v) is 7.64. The minimum atomic E-state index is -0.939. The minimum absolute atomic E-state index is 0.00646. The summed E-state index contributed by atoms with van der Waals surface area (Å²) in [4.78, 5) is 35.1. The number of aromatic nitrogens is 2. The van der Waals surface area contributed by atoms with E-state index in [0.29, 0.717) is 10.8 Å². The molecule has 0 radical (unpaired) electrons. The Morgan fingerprint density at radius 1 is 1.23 bits per heavy atom. The lowest BCUT2D eigenvalue weighted by atomic mass is 10.1. The number of nitro groups is 1. The van der Waals surface area contributed by atoms with Gasteiger partial charge in [0.05, 0.1) is 12.0 Å². The first-order chi connectivity index (χ1) is 14.8. The molecule has 2 N–H and O–H groups in total. The van der Waals surface area contributed by atoms with Crippen molar-refractivity contribution in [1.82, 2.24) is 15.5 Å². The molecule has 0 aliphatic carbocycles. The van der Waals surface area contributed by atoms with E-state index in [1.165, 1.54) is 19.1 Å². The number of methoxy groups -OCH3 is 1. The number of carbonyl (C=O) groups is 2. The first kappa shape index (κ1) is 22.1. The minimum Gasteiger partial charge on any atom is -0.497 e. The Morgan fingerprint density at radius 3 is 2.71 bits per heavy atom. The van der Waals surface area contributed by atoms with E-state index < -0.39 is 28.5 Å². The van der Waals surface area contributed by atoms with Crippen LogP contribution in [-0.2, 0) is 4.79 Å². The Bertz CT molecular complexity index is 1150. The fraction of sp³-hybridized carbons (Fsp3) is 0.158. The summed E-state index contributed by atoms with van der Waals surface area (Å²) >= 11 is 6.91. The molecule has 12 heteroatoms. The van der Waals surface area contributed by atoms with Gasteiger partial charge in [-0.1, -0.05) is 35.1 Å². The molecule has 2 amide bonds. The largest absolute Gasteiger partial charge is 0.497 e. The summed E-state index contributed by atoms with van der Waals surface area (Å²) in [6, 6.07) is 9.93. The predicted molar refractivity (Wildman–Crippen MR) is 116 cm³/mol. The molecule has 0 saturated heterocycles. The van der Waals surface area contributed by atoms with Crippen molar-refractivity contribution in [3.63, 3.8) is 0 Å². The highest BCUT2D eigenvalue weighted by Gasteiger charge is 2.21. The van der Waals surface area contributed by atoms with Gasteiger partial charge in [-0.3, -0.25) is 25.0 Å². The van der Waals surface area contributed by atoms with Gasteiger partial charge in [0.1, 0.15) is 21.8 Å². The molecule has 160 valence electrons. The van der Waals surface area contributed by atoms with Crippen LogP contribution in [-0.4, -0.2) is 40.1 Å². The molecular formula is C19H16ClN5O5S. The highest BCUT2D eigenvalue weighted by molar-refractivity contribution is 7.18. The van der Waals surface area contributed by atoms with Crippen molar-refractivity contribution in [2.45, 2.75) is 13.0 Å². The van der Waals surface area contributed by atoms with Crippen LogP contribution in [0.1, 0.15) is 17.3 Å². The maximum atomic E-state index is 12.4. The molecule has 1 unspecified atom stereocenters. The number of amides is 2. The first-order valence-corrected chi connectivity index (χ1v) is 10.0. The SMILES string of the molecule is COc1cccc(-c2nnc(NC(=O)C(C)NC(=O)c3ccc(Cl)c([N+](=O)[O-])c3)s2)c1. The lowest BCUT2D eigenvalue weighted by Gasteiger charge is -2.12. The number of hydrogen-bond donors (Lipinski definition) is 2. The lowest BCUT2D eigenvalue weighted by Crippen LogP contribution is -2.41. The smallest absolute Gasteiger partial charge is 0.288 e. The molecule has 2 aromatic carbocycles. The van der Waals surface area contributed by atoms with Crippen LogP contribution in [0, 0.1) is 10.1 Å². The van der Waals surface area contributed by atoms with E-state index in [4.69, 9.17) is 16.3 Å². The Labute approximate surface area is 185 Å². The zero-order chi connectivity index (χ0) is 22.5.